The molecule has 0 saturated carbocycles. The van der Waals surface area contributed by atoms with Crippen molar-refractivity contribution in [3.63, 3.8) is 0 Å². The van der Waals surface area contributed by atoms with Crippen molar-refractivity contribution in [3.8, 4) is 0 Å². The van der Waals surface area contributed by atoms with E-state index in [4.69, 9.17) is 4.42 Å². The third-order valence-electron chi connectivity index (χ3n) is 2.51. The maximum atomic E-state index is 10.1. The van der Waals surface area contributed by atoms with E-state index in [1.165, 1.54) is 6.33 Å². The van der Waals surface area contributed by atoms with Gasteiger partial charge in [0.25, 0.3) is 0 Å². The molecule has 6 heteroatoms. The minimum atomic E-state index is -0.636. The molecule has 0 aliphatic carbocycles. The first-order chi connectivity index (χ1) is 8.22. The summed E-state index contributed by atoms with van der Waals surface area (Å²) in [5.41, 5.74) is 0.732. The van der Waals surface area contributed by atoms with E-state index >= 15 is 0 Å². The van der Waals surface area contributed by atoms with E-state index in [0.717, 1.165) is 24.4 Å². The average molecular weight is 300 g/mol. The second-order valence-electron chi connectivity index (χ2n) is 3.77. The number of rotatable bonds is 5. The van der Waals surface area contributed by atoms with Crippen LogP contribution in [0.3, 0.4) is 0 Å². The summed E-state index contributed by atoms with van der Waals surface area (Å²) in [6.07, 6.45) is 3.84. The van der Waals surface area contributed by atoms with E-state index in [0.29, 0.717) is 11.1 Å². The lowest BCUT2D eigenvalue weighted by Gasteiger charge is -2.09. The molecular formula is C11H14BrN3O2. The van der Waals surface area contributed by atoms with Gasteiger partial charge in [-0.15, -0.1) is 0 Å². The van der Waals surface area contributed by atoms with Crippen molar-refractivity contribution in [2.24, 2.45) is 0 Å². The lowest BCUT2D eigenvalue weighted by atomic mass is 10.1. The average Bonchev–Trinajstić information content (AvgIpc) is 2.89. The second-order valence-corrected chi connectivity index (χ2v) is 4.49. The van der Waals surface area contributed by atoms with Gasteiger partial charge in [-0.25, -0.2) is 4.98 Å². The predicted molar refractivity (Wildman–Crippen MR) is 65.4 cm³/mol. The van der Waals surface area contributed by atoms with E-state index in [-0.39, 0.29) is 0 Å². The Morgan fingerprint density at radius 3 is 3.06 bits per heavy atom. The van der Waals surface area contributed by atoms with Crippen molar-refractivity contribution >= 4 is 15.9 Å². The van der Waals surface area contributed by atoms with E-state index in [2.05, 4.69) is 32.9 Å². The fraction of sp³-hybridized carbons (Fsp3) is 0.455. The summed E-state index contributed by atoms with van der Waals surface area (Å²) < 4.78 is 7.47. The summed E-state index contributed by atoms with van der Waals surface area (Å²) >= 11 is 3.25. The van der Waals surface area contributed by atoms with E-state index < -0.39 is 6.10 Å². The Hall–Kier alpha value is -1.14. The minimum Gasteiger partial charge on any atom is -0.457 e. The third-order valence-corrected chi connectivity index (χ3v) is 3.16. The molecule has 1 atom stereocenters. The number of furan rings is 1. The fourth-order valence-electron chi connectivity index (χ4n) is 1.67. The molecule has 2 aromatic rings. The summed E-state index contributed by atoms with van der Waals surface area (Å²) in [5, 5.41) is 14.2. The minimum absolute atomic E-state index is 0.429. The maximum absolute atomic E-state index is 10.1. The summed E-state index contributed by atoms with van der Waals surface area (Å²) in [4.78, 5) is 4.16. The zero-order valence-electron chi connectivity index (χ0n) is 9.51. The first kappa shape index (κ1) is 12.3. The van der Waals surface area contributed by atoms with Crippen LogP contribution in [0.15, 0.2) is 27.7 Å². The summed E-state index contributed by atoms with van der Waals surface area (Å²) in [6.45, 7) is 2.89. The van der Waals surface area contributed by atoms with Crippen LogP contribution in [0.2, 0.25) is 0 Å². The zero-order chi connectivity index (χ0) is 12.3. The molecule has 0 aliphatic rings. The number of aryl methyl sites for hydroxylation is 1. The molecule has 0 fully saturated rings. The molecule has 2 heterocycles. The highest BCUT2D eigenvalue weighted by Gasteiger charge is 2.17. The highest BCUT2D eigenvalue weighted by molar-refractivity contribution is 9.10. The predicted octanol–water partition coefficient (Wildman–Crippen LogP) is 2.32. The van der Waals surface area contributed by atoms with E-state index in [1.807, 2.05) is 4.68 Å². The van der Waals surface area contributed by atoms with Crippen LogP contribution < -0.4 is 0 Å². The van der Waals surface area contributed by atoms with Crippen molar-refractivity contribution in [2.45, 2.75) is 32.4 Å². The van der Waals surface area contributed by atoms with Crippen LogP contribution in [0.4, 0.5) is 0 Å². The van der Waals surface area contributed by atoms with Gasteiger partial charge in [0, 0.05) is 18.5 Å². The number of aromatic nitrogens is 3. The van der Waals surface area contributed by atoms with Crippen LogP contribution in [0.25, 0.3) is 0 Å². The van der Waals surface area contributed by atoms with E-state index in [9.17, 15) is 5.11 Å². The molecule has 0 aliphatic heterocycles. The van der Waals surface area contributed by atoms with Crippen LogP contribution in [0.5, 0.6) is 0 Å². The van der Waals surface area contributed by atoms with Gasteiger partial charge in [0.2, 0.25) is 0 Å². The molecule has 0 bridgehead atoms. The lowest BCUT2D eigenvalue weighted by molar-refractivity contribution is 0.172. The van der Waals surface area contributed by atoms with Gasteiger partial charge in [-0.2, -0.15) is 5.10 Å². The van der Waals surface area contributed by atoms with Gasteiger partial charge < -0.3 is 9.52 Å². The maximum Gasteiger partial charge on any atom is 0.174 e. The molecule has 1 N–H and O–H groups in total. The topological polar surface area (TPSA) is 64.1 Å². The molecule has 92 valence electrons. The Labute approximate surface area is 108 Å². The SMILES string of the molecule is CCCn1ncnc1CC(O)c1ccoc1Br. The molecule has 2 aromatic heterocycles. The van der Waals surface area contributed by atoms with Crippen molar-refractivity contribution in [2.75, 3.05) is 0 Å². The number of halogens is 1. The monoisotopic (exact) mass is 299 g/mol. The molecule has 0 radical (unpaired) electrons. The van der Waals surface area contributed by atoms with Crippen molar-refractivity contribution in [1.29, 1.82) is 0 Å². The zero-order valence-corrected chi connectivity index (χ0v) is 11.1. The van der Waals surface area contributed by atoms with Gasteiger partial charge in [0.15, 0.2) is 4.67 Å². The highest BCUT2D eigenvalue weighted by atomic mass is 79.9. The molecule has 2 rings (SSSR count). The van der Waals surface area contributed by atoms with Crippen molar-refractivity contribution < 1.29 is 9.52 Å². The Bertz CT molecular complexity index is 481. The Balaban J connectivity index is 2.10. The van der Waals surface area contributed by atoms with Crippen LogP contribution >= 0.6 is 15.9 Å². The molecule has 1 unspecified atom stereocenters. The Morgan fingerprint density at radius 1 is 1.59 bits per heavy atom. The van der Waals surface area contributed by atoms with Crippen molar-refractivity contribution in [1.82, 2.24) is 14.8 Å². The van der Waals surface area contributed by atoms with Crippen LogP contribution in [0, 0.1) is 0 Å². The van der Waals surface area contributed by atoms with Crippen LogP contribution in [-0.2, 0) is 13.0 Å². The smallest absolute Gasteiger partial charge is 0.174 e. The van der Waals surface area contributed by atoms with Crippen LogP contribution in [0.1, 0.15) is 30.8 Å². The lowest BCUT2D eigenvalue weighted by Crippen LogP contribution is -2.10. The normalized spacial score (nSPS) is 12.9. The summed E-state index contributed by atoms with van der Waals surface area (Å²) in [5.74, 6) is 0.785. The second kappa shape index (κ2) is 5.46. The van der Waals surface area contributed by atoms with Gasteiger partial charge in [0.1, 0.15) is 12.2 Å². The van der Waals surface area contributed by atoms with Gasteiger partial charge in [0.05, 0.1) is 12.4 Å². The quantitative estimate of drug-likeness (QED) is 0.920. The van der Waals surface area contributed by atoms with E-state index in [1.54, 1.807) is 12.3 Å². The van der Waals surface area contributed by atoms with Crippen LogP contribution in [-0.4, -0.2) is 19.9 Å². The van der Waals surface area contributed by atoms with Gasteiger partial charge in [-0.1, -0.05) is 6.92 Å². The molecule has 0 aromatic carbocycles. The molecule has 17 heavy (non-hydrogen) atoms. The largest absolute Gasteiger partial charge is 0.457 e. The van der Waals surface area contributed by atoms with Gasteiger partial charge in [-0.3, -0.25) is 4.68 Å². The number of hydrogen-bond acceptors (Lipinski definition) is 4. The molecular weight excluding hydrogens is 286 g/mol. The molecule has 0 amide bonds. The first-order valence-electron chi connectivity index (χ1n) is 5.50. The molecule has 0 spiro atoms. The first-order valence-corrected chi connectivity index (χ1v) is 6.29. The summed E-state index contributed by atoms with van der Waals surface area (Å²) in [7, 11) is 0. The third kappa shape index (κ3) is 2.76. The Morgan fingerprint density at radius 2 is 2.41 bits per heavy atom. The number of aliphatic hydroxyl groups excluding tert-OH is 1. The number of nitrogens with zero attached hydrogens (tertiary/aromatic N) is 3. The molecule has 0 saturated heterocycles. The standard InChI is InChI=1S/C11H14BrN3O2/c1-2-4-15-10(13-7-14-15)6-9(16)8-3-5-17-11(8)12/h3,5,7,9,16H,2,4,6H2,1H3. The highest BCUT2D eigenvalue weighted by Crippen LogP contribution is 2.26. The number of hydrogen-bond donors (Lipinski definition) is 1. The Kier molecular flexibility index (Phi) is 3.96. The fourth-order valence-corrected chi connectivity index (χ4v) is 2.17. The van der Waals surface area contributed by atoms with Gasteiger partial charge >= 0.3 is 0 Å². The number of aliphatic hydroxyl groups is 1. The summed E-state index contributed by atoms with van der Waals surface area (Å²) in [6, 6.07) is 1.75. The van der Waals surface area contributed by atoms with Crippen molar-refractivity contribution in [3.05, 3.63) is 34.7 Å². The molecule has 5 nitrogen and oxygen atoms in total. The van der Waals surface area contributed by atoms with Gasteiger partial charge in [-0.05, 0) is 28.4 Å².